The number of hydrogen-bond acceptors (Lipinski definition) is 8. The van der Waals surface area contributed by atoms with Gasteiger partial charge in [0.2, 0.25) is 0 Å². The number of rotatable bonds is 8. The Morgan fingerprint density at radius 1 is 0.684 bits per heavy atom. The van der Waals surface area contributed by atoms with Crippen LogP contribution < -0.4 is 10.6 Å². The number of carbonyl (C=O) groups excluding carboxylic acids is 4. The largest absolute Gasteiger partial charge is 0.467 e. The topological polar surface area (TPSA) is 117 Å². The van der Waals surface area contributed by atoms with Gasteiger partial charge in [-0.25, -0.2) is 9.59 Å². The summed E-state index contributed by atoms with van der Waals surface area (Å²) in [5.41, 5.74) is 0.692. The lowest BCUT2D eigenvalue weighted by Gasteiger charge is -2.47. The molecular weight excluding hydrogens is 488 g/mol. The zero-order valence-electron chi connectivity index (χ0n) is 22.2. The Balaban J connectivity index is 1.24. The maximum atomic E-state index is 13.1. The van der Waals surface area contributed by atoms with E-state index in [-0.39, 0.29) is 23.7 Å². The Morgan fingerprint density at radius 2 is 1.03 bits per heavy atom. The van der Waals surface area contributed by atoms with Crippen molar-refractivity contribution in [2.75, 3.05) is 53.5 Å². The van der Waals surface area contributed by atoms with Gasteiger partial charge in [0.05, 0.1) is 14.2 Å². The molecule has 6 heterocycles. The van der Waals surface area contributed by atoms with E-state index in [0.717, 1.165) is 65.0 Å². The zero-order chi connectivity index (χ0) is 26.8. The number of piperidine rings is 6. The summed E-state index contributed by atoms with van der Waals surface area (Å²) in [6.07, 6.45) is 4.07. The summed E-state index contributed by atoms with van der Waals surface area (Å²) in [6.45, 7) is 5.66. The Labute approximate surface area is 223 Å². The van der Waals surface area contributed by atoms with Crippen LogP contribution in [0, 0.1) is 23.7 Å². The van der Waals surface area contributed by atoms with Crippen molar-refractivity contribution in [2.45, 2.75) is 37.8 Å². The standard InChI is InChI=1S/C28H38N4O6/c1-37-27(35)23(21-15-31-11-7-17(21)8-12-31)29-25(33)19-3-5-20(6-4-19)26(34)30-24(28(36)38-2)22-16-32-13-9-18(22)10-14-32/h3-6,17-18,21-24H,7-16H2,1-2H3,(H,29,33)(H,30,34)/t21-,22-,23?,24?/m1/s1. The van der Waals surface area contributed by atoms with Gasteiger partial charge < -0.3 is 29.9 Å². The second kappa shape index (κ2) is 11.4. The third kappa shape index (κ3) is 5.42. The molecule has 0 spiro atoms. The molecule has 2 amide bonds. The van der Waals surface area contributed by atoms with Crippen molar-refractivity contribution >= 4 is 23.8 Å². The quantitative estimate of drug-likeness (QED) is 0.480. The van der Waals surface area contributed by atoms with E-state index in [1.54, 1.807) is 24.3 Å². The van der Waals surface area contributed by atoms with Gasteiger partial charge in [0.1, 0.15) is 12.1 Å². The first-order chi connectivity index (χ1) is 18.4. The van der Waals surface area contributed by atoms with Gasteiger partial charge in [-0.3, -0.25) is 9.59 Å². The van der Waals surface area contributed by atoms with Gasteiger partial charge in [0.15, 0.2) is 0 Å². The van der Waals surface area contributed by atoms with Crippen LogP contribution in [0.2, 0.25) is 0 Å². The maximum Gasteiger partial charge on any atom is 0.328 e. The van der Waals surface area contributed by atoms with Crippen LogP contribution in [0.3, 0.4) is 0 Å². The highest BCUT2D eigenvalue weighted by Gasteiger charge is 2.44. The van der Waals surface area contributed by atoms with E-state index in [0.29, 0.717) is 23.0 Å². The van der Waals surface area contributed by atoms with Crippen molar-refractivity contribution in [1.82, 2.24) is 20.4 Å². The highest BCUT2D eigenvalue weighted by Crippen LogP contribution is 2.36. The van der Waals surface area contributed by atoms with E-state index >= 15 is 0 Å². The van der Waals surface area contributed by atoms with Gasteiger partial charge in [-0.1, -0.05) is 0 Å². The molecule has 7 rings (SSSR count). The number of carbonyl (C=O) groups is 4. The van der Waals surface area contributed by atoms with Crippen molar-refractivity contribution in [2.24, 2.45) is 23.7 Å². The average molecular weight is 527 g/mol. The molecule has 1 aromatic carbocycles. The summed E-state index contributed by atoms with van der Waals surface area (Å²) in [7, 11) is 2.68. The Kier molecular flexibility index (Phi) is 7.99. The lowest BCUT2D eigenvalue weighted by atomic mass is 9.75. The molecule has 6 fully saturated rings. The fraction of sp³-hybridized carbons (Fsp3) is 0.643. The van der Waals surface area contributed by atoms with Crippen LogP contribution in [0.1, 0.15) is 46.4 Å². The number of esters is 2. The fourth-order valence-corrected chi connectivity index (χ4v) is 6.93. The van der Waals surface area contributed by atoms with Gasteiger partial charge >= 0.3 is 11.9 Å². The third-order valence-corrected chi connectivity index (χ3v) is 9.16. The van der Waals surface area contributed by atoms with E-state index in [2.05, 4.69) is 20.4 Å². The van der Waals surface area contributed by atoms with Crippen molar-refractivity contribution in [3.05, 3.63) is 35.4 Å². The molecule has 10 heteroatoms. The van der Waals surface area contributed by atoms with E-state index in [4.69, 9.17) is 9.47 Å². The Bertz CT molecular complexity index is 963. The van der Waals surface area contributed by atoms with Crippen LogP contribution in [0.15, 0.2) is 24.3 Å². The smallest absolute Gasteiger partial charge is 0.328 e. The monoisotopic (exact) mass is 526 g/mol. The summed E-state index contributed by atoms with van der Waals surface area (Å²) < 4.78 is 10.1. The number of nitrogens with zero attached hydrogens (tertiary/aromatic N) is 2. The van der Waals surface area contributed by atoms with Crippen LogP contribution in [0.25, 0.3) is 0 Å². The van der Waals surface area contributed by atoms with Crippen LogP contribution >= 0.6 is 0 Å². The molecule has 4 atom stereocenters. The third-order valence-electron chi connectivity index (χ3n) is 9.16. The average Bonchev–Trinajstić information content (AvgIpc) is 2.98. The summed E-state index contributed by atoms with van der Waals surface area (Å²) in [5.74, 6) is -0.846. The normalized spacial score (nSPS) is 31.1. The van der Waals surface area contributed by atoms with Gasteiger partial charge in [0, 0.05) is 36.1 Å². The summed E-state index contributed by atoms with van der Waals surface area (Å²) in [5, 5.41) is 5.79. The molecule has 0 saturated carbocycles. The van der Waals surface area contributed by atoms with Gasteiger partial charge in [-0.15, -0.1) is 0 Å². The molecule has 6 aliphatic heterocycles. The lowest BCUT2D eigenvalue weighted by molar-refractivity contribution is -0.147. The van der Waals surface area contributed by atoms with Crippen LogP contribution in [-0.4, -0.2) is 99.1 Å². The lowest BCUT2D eigenvalue weighted by Crippen LogP contribution is -2.58. The predicted octanol–water partition coefficient (Wildman–Crippen LogP) is 0.913. The first-order valence-electron chi connectivity index (χ1n) is 13.7. The minimum atomic E-state index is -0.717. The highest BCUT2D eigenvalue weighted by atomic mass is 16.5. The SMILES string of the molecule is COC(=O)C(NC(=O)c1ccc(C(=O)NC(C(=O)OC)[C@@H]2CN3CCC2CC3)cc1)[C@@H]1CN2CCC1CC2. The number of fused-ring (bicyclic) bond motifs is 6. The van der Waals surface area contributed by atoms with Crippen molar-refractivity contribution in [1.29, 1.82) is 0 Å². The molecule has 206 valence electrons. The first kappa shape index (κ1) is 26.6. The molecule has 10 nitrogen and oxygen atoms in total. The summed E-state index contributed by atoms with van der Waals surface area (Å²) in [6, 6.07) is 4.83. The number of benzene rings is 1. The fourth-order valence-electron chi connectivity index (χ4n) is 6.93. The number of hydrogen-bond donors (Lipinski definition) is 2. The molecule has 38 heavy (non-hydrogen) atoms. The predicted molar refractivity (Wildman–Crippen MR) is 138 cm³/mol. The van der Waals surface area contributed by atoms with Crippen molar-refractivity contribution in [3.8, 4) is 0 Å². The Hall–Kier alpha value is -2.98. The number of ether oxygens (including phenoxy) is 2. The second-order valence-corrected chi connectivity index (χ2v) is 11.1. The second-order valence-electron chi connectivity index (χ2n) is 11.1. The zero-order valence-corrected chi connectivity index (χ0v) is 22.2. The minimum absolute atomic E-state index is 0.0144. The number of amides is 2. The molecule has 0 aromatic heterocycles. The molecular formula is C28H38N4O6. The van der Waals surface area contributed by atoms with Crippen LogP contribution in [0.5, 0.6) is 0 Å². The van der Waals surface area contributed by atoms with Gasteiger partial charge in [0.25, 0.3) is 11.8 Å². The van der Waals surface area contributed by atoms with Crippen LogP contribution in [-0.2, 0) is 19.1 Å². The van der Waals surface area contributed by atoms with Crippen LogP contribution in [0.4, 0.5) is 0 Å². The molecule has 4 bridgehead atoms. The number of methoxy groups -OCH3 is 2. The van der Waals surface area contributed by atoms with E-state index < -0.39 is 24.0 Å². The summed E-state index contributed by atoms with van der Waals surface area (Å²) in [4.78, 5) is 56.1. The molecule has 2 N–H and O–H groups in total. The van der Waals surface area contributed by atoms with Gasteiger partial charge in [-0.05, 0) is 88.0 Å². The van der Waals surface area contributed by atoms with Crippen molar-refractivity contribution in [3.63, 3.8) is 0 Å². The molecule has 0 aliphatic carbocycles. The summed E-state index contributed by atoms with van der Waals surface area (Å²) >= 11 is 0. The van der Waals surface area contributed by atoms with E-state index in [1.165, 1.54) is 14.2 Å². The molecule has 1 aromatic rings. The molecule has 2 unspecified atom stereocenters. The molecule has 0 radical (unpaired) electrons. The maximum absolute atomic E-state index is 13.1. The Morgan fingerprint density at radius 3 is 1.29 bits per heavy atom. The number of nitrogens with one attached hydrogen (secondary N) is 2. The van der Waals surface area contributed by atoms with Gasteiger partial charge in [-0.2, -0.15) is 0 Å². The van der Waals surface area contributed by atoms with E-state index in [1.807, 2.05) is 0 Å². The molecule has 6 saturated heterocycles. The highest BCUT2D eigenvalue weighted by molar-refractivity contribution is 6.00. The first-order valence-corrected chi connectivity index (χ1v) is 13.7. The minimum Gasteiger partial charge on any atom is -0.467 e. The molecule has 6 aliphatic rings. The van der Waals surface area contributed by atoms with Crippen molar-refractivity contribution < 1.29 is 28.7 Å². The van der Waals surface area contributed by atoms with E-state index in [9.17, 15) is 19.2 Å².